The molecule has 0 aliphatic carbocycles. The van der Waals surface area contributed by atoms with Crippen LogP contribution in [-0.4, -0.2) is 21.8 Å². The molecule has 120 valence electrons. The highest BCUT2D eigenvalue weighted by Crippen LogP contribution is 2.44. The van der Waals surface area contributed by atoms with Crippen LogP contribution < -0.4 is 4.90 Å². The van der Waals surface area contributed by atoms with Crippen molar-refractivity contribution in [1.29, 1.82) is 0 Å². The monoisotopic (exact) mass is 338 g/mol. The van der Waals surface area contributed by atoms with Gasteiger partial charge in [0.1, 0.15) is 23.1 Å². The van der Waals surface area contributed by atoms with E-state index in [1.807, 2.05) is 36.4 Å². The number of hydrogen-bond donors (Lipinski definition) is 1. The van der Waals surface area contributed by atoms with Gasteiger partial charge in [0.2, 0.25) is 5.91 Å². The van der Waals surface area contributed by atoms with Gasteiger partial charge in [-0.25, -0.2) is 4.90 Å². The Balaban J connectivity index is 1.71. The van der Waals surface area contributed by atoms with Crippen molar-refractivity contribution in [1.82, 2.24) is 4.98 Å². The summed E-state index contributed by atoms with van der Waals surface area (Å²) < 4.78 is 5.56. The third-order valence-electron chi connectivity index (χ3n) is 3.84. The molecular formula is C18H14N2O3S. The number of amides is 1. The minimum atomic E-state index is -0.346. The fourth-order valence-electron chi connectivity index (χ4n) is 2.67. The van der Waals surface area contributed by atoms with Gasteiger partial charge in [0.05, 0.1) is 5.75 Å². The van der Waals surface area contributed by atoms with E-state index in [-0.39, 0.29) is 23.0 Å². The molecule has 0 radical (unpaired) electrons. The second-order valence-corrected chi connectivity index (χ2v) is 6.44. The van der Waals surface area contributed by atoms with Crippen LogP contribution in [0.15, 0.2) is 65.3 Å². The second-order valence-electron chi connectivity index (χ2n) is 5.37. The number of hydrogen-bond acceptors (Lipinski definition) is 5. The first kappa shape index (κ1) is 14.8. The number of aromatic hydroxyl groups is 1. The molecule has 1 fully saturated rings. The zero-order valence-corrected chi connectivity index (χ0v) is 13.4. The van der Waals surface area contributed by atoms with E-state index in [4.69, 9.17) is 4.42 Å². The van der Waals surface area contributed by atoms with E-state index >= 15 is 0 Å². The molecule has 1 N–H and O–H groups in total. The van der Waals surface area contributed by atoms with Crippen LogP contribution >= 0.6 is 11.8 Å². The fraction of sp³-hybridized carbons (Fsp3) is 0.111. The number of rotatable bonds is 3. The number of anilines is 1. The minimum absolute atomic E-state index is 0.0882. The highest BCUT2D eigenvalue weighted by atomic mass is 32.2. The van der Waals surface area contributed by atoms with Crippen molar-refractivity contribution in [3.8, 4) is 17.0 Å². The zero-order valence-electron chi connectivity index (χ0n) is 12.6. The summed E-state index contributed by atoms with van der Waals surface area (Å²) in [6.07, 6.45) is 1.54. The number of oxazole rings is 1. The van der Waals surface area contributed by atoms with Crippen LogP contribution in [0.4, 0.5) is 6.01 Å². The van der Waals surface area contributed by atoms with Crippen molar-refractivity contribution >= 4 is 23.7 Å². The SMILES string of the molecule is O=C1CSC(c2ccccc2O)N1c1nc(-c2ccccc2)co1. The third-order valence-corrected chi connectivity index (χ3v) is 5.03. The molecule has 0 saturated carbocycles. The van der Waals surface area contributed by atoms with Gasteiger partial charge in [0, 0.05) is 11.1 Å². The molecule has 1 aliphatic heterocycles. The quantitative estimate of drug-likeness (QED) is 0.786. The Morgan fingerprint density at radius 3 is 2.67 bits per heavy atom. The Kier molecular flexibility index (Phi) is 3.74. The number of phenols is 1. The molecule has 1 saturated heterocycles. The van der Waals surface area contributed by atoms with Gasteiger partial charge in [-0.1, -0.05) is 48.5 Å². The molecule has 24 heavy (non-hydrogen) atoms. The number of carbonyl (C=O) groups excluding carboxylic acids is 1. The Morgan fingerprint density at radius 1 is 1.12 bits per heavy atom. The van der Waals surface area contributed by atoms with E-state index in [1.54, 1.807) is 24.5 Å². The standard InChI is InChI=1S/C18H14N2O3S/c21-15-9-5-4-8-13(15)17-20(16(22)11-24-17)18-19-14(10-23-18)12-6-2-1-3-7-12/h1-10,17,21H,11H2. The number of thioether (sulfide) groups is 1. The summed E-state index contributed by atoms with van der Waals surface area (Å²) in [7, 11) is 0. The van der Waals surface area contributed by atoms with Crippen LogP contribution in [0.5, 0.6) is 5.75 Å². The van der Waals surface area contributed by atoms with Crippen molar-refractivity contribution in [2.45, 2.75) is 5.37 Å². The lowest BCUT2D eigenvalue weighted by Crippen LogP contribution is -2.28. The average molecular weight is 338 g/mol. The smallest absolute Gasteiger partial charge is 0.305 e. The van der Waals surface area contributed by atoms with Gasteiger partial charge < -0.3 is 9.52 Å². The van der Waals surface area contributed by atoms with E-state index in [0.717, 1.165) is 5.56 Å². The summed E-state index contributed by atoms with van der Waals surface area (Å²) >= 11 is 1.44. The van der Waals surface area contributed by atoms with E-state index in [1.165, 1.54) is 16.7 Å². The Hall–Kier alpha value is -2.73. The molecule has 1 unspecified atom stereocenters. The number of nitrogens with zero attached hydrogens (tertiary/aromatic N) is 2. The van der Waals surface area contributed by atoms with Crippen molar-refractivity contribution in [2.24, 2.45) is 0 Å². The van der Waals surface area contributed by atoms with Crippen LogP contribution in [0.2, 0.25) is 0 Å². The number of para-hydroxylation sites is 1. The number of carbonyl (C=O) groups is 1. The van der Waals surface area contributed by atoms with Crippen molar-refractivity contribution in [3.05, 3.63) is 66.4 Å². The molecular weight excluding hydrogens is 324 g/mol. The third kappa shape index (κ3) is 2.55. The molecule has 4 rings (SSSR count). The lowest BCUT2D eigenvalue weighted by atomic mass is 10.2. The van der Waals surface area contributed by atoms with Crippen LogP contribution in [0, 0.1) is 0 Å². The lowest BCUT2D eigenvalue weighted by Gasteiger charge is -2.20. The topological polar surface area (TPSA) is 66.6 Å². The van der Waals surface area contributed by atoms with Crippen molar-refractivity contribution < 1.29 is 14.3 Å². The molecule has 6 heteroatoms. The molecule has 2 heterocycles. The Bertz CT molecular complexity index is 879. The Morgan fingerprint density at radius 2 is 1.88 bits per heavy atom. The molecule has 5 nitrogen and oxygen atoms in total. The summed E-state index contributed by atoms with van der Waals surface area (Å²) in [5, 5.41) is 9.76. The first-order chi connectivity index (χ1) is 11.7. The highest BCUT2D eigenvalue weighted by Gasteiger charge is 2.38. The van der Waals surface area contributed by atoms with Crippen molar-refractivity contribution in [2.75, 3.05) is 10.7 Å². The van der Waals surface area contributed by atoms with Gasteiger partial charge in [-0.05, 0) is 6.07 Å². The predicted molar refractivity (Wildman–Crippen MR) is 92.7 cm³/mol. The summed E-state index contributed by atoms with van der Waals surface area (Å²) in [4.78, 5) is 18.3. The first-order valence-corrected chi connectivity index (χ1v) is 8.51. The average Bonchev–Trinajstić information content (AvgIpc) is 3.23. The Labute approximate surface area is 142 Å². The minimum Gasteiger partial charge on any atom is -0.508 e. The maximum Gasteiger partial charge on any atom is 0.305 e. The van der Waals surface area contributed by atoms with Crippen LogP contribution in [-0.2, 0) is 4.79 Å². The fourth-order valence-corrected chi connectivity index (χ4v) is 3.85. The molecule has 0 bridgehead atoms. The van der Waals surface area contributed by atoms with Crippen LogP contribution in [0.25, 0.3) is 11.3 Å². The largest absolute Gasteiger partial charge is 0.508 e. The summed E-state index contributed by atoms with van der Waals surface area (Å²) in [6.45, 7) is 0. The van der Waals surface area contributed by atoms with E-state index in [0.29, 0.717) is 17.0 Å². The normalized spacial score (nSPS) is 17.4. The van der Waals surface area contributed by atoms with Gasteiger partial charge in [-0.2, -0.15) is 4.98 Å². The maximum absolute atomic E-state index is 12.3. The molecule has 1 atom stereocenters. The van der Waals surface area contributed by atoms with Crippen LogP contribution in [0.1, 0.15) is 10.9 Å². The lowest BCUT2D eigenvalue weighted by molar-refractivity contribution is -0.116. The van der Waals surface area contributed by atoms with Gasteiger partial charge in [0.15, 0.2) is 0 Å². The van der Waals surface area contributed by atoms with E-state index < -0.39 is 0 Å². The van der Waals surface area contributed by atoms with Crippen LogP contribution in [0.3, 0.4) is 0 Å². The number of aromatic nitrogens is 1. The molecule has 3 aromatic rings. The predicted octanol–water partition coefficient (Wildman–Crippen LogP) is 3.83. The van der Waals surface area contributed by atoms with E-state index in [2.05, 4.69) is 4.98 Å². The highest BCUT2D eigenvalue weighted by molar-refractivity contribution is 8.00. The maximum atomic E-state index is 12.3. The summed E-state index contributed by atoms with van der Waals surface area (Å²) in [5.41, 5.74) is 2.27. The molecule has 1 aliphatic rings. The molecule has 0 spiro atoms. The zero-order chi connectivity index (χ0) is 16.5. The van der Waals surface area contributed by atoms with Gasteiger partial charge in [-0.3, -0.25) is 4.79 Å². The summed E-state index contributed by atoms with van der Waals surface area (Å²) in [5.74, 6) is 0.390. The van der Waals surface area contributed by atoms with Gasteiger partial charge in [0.25, 0.3) is 0 Å². The first-order valence-electron chi connectivity index (χ1n) is 7.46. The molecule has 1 amide bonds. The molecule has 1 aromatic heterocycles. The van der Waals surface area contributed by atoms with Crippen molar-refractivity contribution in [3.63, 3.8) is 0 Å². The van der Waals surface area contributed by atoms with E-state index in [9.17, 15) is 9.90 Å². The molecule has 2 aromatic carbocycles. The number of benzene rings is 2. The van der Waals surface area contributed by atoms with Gasteiger partial charge in [-0.15, -0.1) is 11.8 Å². The summed E-state index contributed by atoms with van der Waals surface area (Å²) in [6, 6.07) is 16.9. The second kappa shape index (κ2) is 6.05. The number of phenolic OH excluding ortho intramolecular Hbond substituents is 1. The van der Waals surface area contributed by atoms with Gasteiger partial charge >= 0.3 is 6.01 Å².